The number of methoxy groups -OCH3 is 1. The van der Waals surface area contributed by atoms with Crippen LogP contribution in [0.15, 0.2) is 23.0 Å². The highest BCUT2D eigenvalue weighted by Crippen LogP contribution is 2.29. The van der Waals surface area contributed by atoms with Crippen LogP contribution in [0.25, 0.3) is 16.9 Å². The van der Waals surface area contributed by atoms with E-state index >= 15 is 0 Å². The van der Waals surface area contributed by atoms with Gasteiger partial charge < -0.3 is 14.5 Å². The van der Waals surface area contributed by atoms with Crippen molar-refractivity contribution in [2.75, 3.05) is 13.7 Å². The smallest absolute Gasteiger partial charge is 0.358 e. The number of aryl methyl sites for hydroxylation is 3. The second-order valence-corrected chi connectivity index (χ2v) is 7.86. The number of fused-ring (bicyclic) bond motifs is 1. The normalized spacial score (nSPS) is 11.2. The number of H-pyrrole nitrogens is 1. The van der Waals surface area contributed by atoms with Crippen molar-refractivity contribution >= 4 is 11.5 Å². The SMILES string of the molecule is CCCc1nc(C)c2c(=O)[nH]c(-c3cc(Cn4nnc(C)c4C(=O)OC)ccc3OCC)nn12. The maximum absolute atomic E-state index is 12.9. The van der Waals surface area contributed by atoms with Crippen LogP contribution in [-0.4, -0.2) is 54.3 Å². The number of hydrogen-bond donors (Lipinski definition) is 1. The van der Waals surface area contributed by atoms with Gasteiger partial charge in [0.1, 0.15) is 11.6 Å². The third-order valence-electron chi connectivity index (χ3n) is 5.43. The average molecular weight is 466 g/mol. The van der Waals surface area contributed by atoms with E-state index in [4.69, 9.17) is 14.6 Å². The maximum atomic E-state index is 12.9. The number of aromatic amines is 1. The Hall–Kier alpha value is -4.02. The molecule has 34 heavy (non-hydrogen) atoms. The zero-order valence-corrected chi connectivity index (χ0v) is 19.9. The van der Waals surface area contributed by atoms with Gasteiger partial charge in [0, 0.05) is 6.42 Å². The molecular formula is C23H27N7O4. The van der Waals surface area contributed by atoms with Crippen molar-refractivity contribution in [1.82, 2.24) is 34.6 Å². The second-order valence-electron chi connectivity index (χ2n) is 7.86. The van der Waals surface area contributed by atoms with Gasteiger partial charge in [0.2, 0.25) is 0 Å². The Morgan fingerprint density at radius 3 is 2.68 bits per heavy atom. The molecular weight excluding hydrogens is 438 g/mol. The molecule has 1 aromatic carbocycles. The predicted molar refractivity (Wildman–Crippen MR) is 124 cm³/mol. The number of carbonyl (C=O) groups is 1. The number of aromatic nitrogens is 7. The highest BCUT2D eigenvalue weighted by atomic mass is 16.5. The van der Waals surface area contributed by atoms with Crippen molar-refractivity contribution in [1.29, 1.82) is 0 Å². The highest BCUT2D eigenvalue weighted by molar-refractivity contribution is 5.88. The Bertz CT molecular complexity index is 1420. The monoisotopic (exact) mass is 465 g/mol. The van der Waals surface area contributed by atoms with E-state index in [1.807, 2.05) is 25.1 Å². The quantitative estimate of drug-likeness (QED) is 0.393. The molecule has 0 aliphatic rings. The van der Waals surface area contributed by atoms with Gasteiger partial charge >= 0.3 is 5.97 Å². The Kier molecular flexibility index (Phi) is 6.44. The lowest BCUT2D eigenvalue weighted by Gasteiger charge is -2.13. The van der Waals surface area contributed by atoms with Crippen LogP contribution in [0.4, 0.5) is 0 Å². The first kappa shape index (κ1) is 23.1. The van der Waals surface area contributed by atoms with Crippen LogP contribution < -0.4 is 10.3 Å². The van der Waals surface area contributed by atoms with Gasteiger partial charge in [-0.15, -0.1) is 10.2 Å². The minimum atomic E-state index is -0.510. The fraction of sp³-hybridized carbons (Fsp3) is 0.391. The first-order valence-corrected chi connectivity index (χ1v) is 11.1. The maximum Gasteiger partial charge on any atom is 0.358 e. The molecule has 3 heterocycles. The zero-order valence-electron chi connectivity index (χ0n) is 19.9. The Labute approximate surface area is 195 Å². The molecule has 0 bridgehead atoms. The summed E-state index contributed by atoms with van der Waals surface area (Å²) in [5.74, 6) is 1.16. The van der Waals surface area contributed by atoms with Crippen molar-refractivity contribution in [3.05, 3.63) is 57.0 Å². The molecule has 4 rings (SSSR count). The van der Waals surface area contributed by atoms with E-state index in [0.717, 1.165) is 17.8 Å². The lowest BCUT2D eigenvalue weighted by atomic mass is 10.1. The van der Waals surface area contributed by atoms with Crippen LogP contribution in [0.2, 0.25) is 0 Å². The summed E-state index contributed by atoms with van der Waals surface area (Å²) in [6.45, 7) is 8.15. The lowest BCUT2D eigenvalue weighted by Crippen LogP contribution is -2.16. The molecule has 0 aliphatic carbocycles. The summed E-state index contributed by atoms with van der Waals surface area (Å²) in [5, 5.41) is 12.8. The van der Waals surface area contributed by atoms with E-state index in [2.05, 4.69) is 27.2 Å². The molecule has 0 fully saturated rings. The largest absolute Gasteiger partial charge is 0.493 e. The number of hydrogen-bond acceptors (Lipinski definition) is 8. The van der Waals surface area contributed by atoms with Gasteiger partial charge in [0.05, 0.1) is 37.2 Å². The molecule has 0 radical (unpaired) electrons. The summed E-state index contributed by atoms with van der Waals surface area (Å²) in [6.07, 6.45) is 1.58. The number of carbonyl (C=O) groups excluding carboxylic acids is 1. The number of esters is 1. The van der Waals surface area contributed by atoms with Gasteiger partial charge in [-0.05, 0) is 44.9 Å². The summed E-state index contributed by atoms with van der Waals surface area (Å²) in [6, 6.07) is 5.54. The van der Waals surface area contributed by atoms with E-state index in [0.29, 0.717) is 47.1 Å². The first-order chi connectivity index (χ1) is 16.4. The van der Waals surface area contributed by atoms with Crippen molar-refractivity contribution in [3.8, 4) is 17.1 Å². The van der Waals surface area contributed by atoms with Crippen LogP contribution in [-0.2, 0) is 17.7 Å². The molecule has 0 saturated heterocycles. The van der Waals surface area contributed by atoms with Crippen LogP contribution in [0, 0.1) is 13.8 Å². The summed E-state index contributed by atoms with van der Waals surface area (Å²) in [5.41, 5.74) is 2.99. The molecule has 0 unspecified atom stereocenters. The second kappa shape index (κ2) is 9.46. The number of ether oxygens (including phenoxy) is 2. The summed E-state index contributed by atoms with van der Waals surface area (Å²) in [7, 11) is 1.32. The molecule has 3 aromatic heterocycles. The van der Waals surface area contributed by atoms with Gasteiger partial charge in [0.15, 0.2) is 17.0 Å². The van der Waals surface area contributed by atoms with Gasteiger partial charge in [-0.25, -0.2) is 19.0 Å². The number of nitrogens with one attached hydrogen (secondary N) is 1. The third-order valence-corrected chi connectivity index (χ3v) is 5.43. The molecule has 0 aliphatic heterocycles. The Morgan fingerprint density at radius 2 is 1.97 bits per heavy atom. The number of benzene rings is 1. The van der Waals surface area contributed by atoms with E-state index in [-0.39, 0.29) is 17.8 Å². The van der Waals surface area contributed by atoms with Crippen molar-refractivity contribution < 1.29 is 14.3 Å². The molecule has 11 nitrogen and oxygen atoms in total. The van der Waals surface area contributed by atoms with Crippen LogP contribution in [0.1, 0.15) is 53.5 Å². The van der Waals surface area contributed by atoms with Gasteiger partial charge in [0.25, 0.3) is 5.56 Å². The van der Waals surface area contributed by atoms with Gasteiger partial charge in [-0.2, -0.15) is 0 Å². The number of nitrogens with zero attached hydrogens (tertiary/aromatic N) is 6. The number of imidazole rings is 1. The zero-order chi connectivity index (χ0) is 24.4. The van der Waals surface area contributed by atoms with Crippen LogP contribution in [0.5, 0.6) is 5.75 Å². The van der Waals surface area contributed by atoms with Crippen molar-refractivity contribution in [2.24, 2.45) is 0 Å². The van der Waals surface area contributed by atoms with Crippen molar-refractivity contribution in [3.63, 3.8) is 0 Å². The van der Waals surface area contributed by atoms with Gasteiger partial charge in [-0.1, -0.05) is 18.2 Å². The van der Waals surface area contributed by atoms with E-state index in [9.17, 15) is 9.59 Å². The first-order valence-electron chi connectivity index (χ1n) is 11.1. The molecule has 178 valence electrons. The summed E-state index contributed by atoms with van der Waals surface area (Å²) in [4.78, 5) is 32.5. The average Bonchev–Trinajstić information content (AvgIpc) is 3.34. The third kappa shape index (κ3) is 4.16. The van der Waals surface area contributed by atoms with E-state index in [1.54, 1.807) is 18.4 Å². The van der Waals surface area contributed by atoms with Gasteiger partial charge in [-0.3, -0.25) is 4.79 Å². The standard InChI is InChI=1S/C23H27N7O4/c1-6-8-18-24-13(3)19-22(31)25-21(27-30(18)19)16-11-15(9-10-17(16)34-7-2)12-29-20(23(32)33-5)14(4)26-28-29/h9-11H,6-8,12H2,1-5H3,(H,25,27,31). The molecule has 0 atom stereocenters. The Morgan fingerprint density at radius 1 is 1.18 bits per heavy atom. The molecule has 4 aromatic rings. The summed E-state index contributed by atoms with van der Waals surface area (Å²) < 4.78 is 13.8. The fourth-order valence-corrected chi connectivity index (χ4v) is 3.92. The molecule has 1 N–H and O–H groups in total. The minimum absolute atomic E-state index is 0.266. The molecule has 0 spiro atoms. The molecule has 11 heteroatoms. The predicted octanol–water partition coefficient (Wildman–Crippen LogP) is 2.48. The van der Waals surface area contributed by atoms with Crippen molar-refractivity contribution in [2.45, 2.75) is 47.1 Å². The Balaban J connectivity index is 1.83. The van der Waals surface area contributed by atoms with Crippen LogP contribution >= 0.6 is 0 Å². The minimum Gasteiger partial charge on any atom is -0.493 e. The summed E-state index contributed by atoms with van der Waals surface area (Å²) >= 11 is 0. The number of rotatable bonds is 8. The molecule has 0 saturated carbocycles. The highest BCUT2D eigenvalue weighted by Gasteiger charge is 2.20. The fourth-order valence-electron chi connectivity index (χ4n) is 3.92. The van der Waals surface area contributed by atoms with E-state index in [1.165, 1.54) is 11.8 Å². The topological polar surface area (TPSA) is 129 Å². The molecule has 0 amide bonds. The van der Waals surface area contributed by atoms with E-state index < -0.39 is 5.97 Å². The lowest BCUT2D eigenvalue weighted by molar-refractivity contribution is 0.0586. The van der Waals surface area contributed by atoms with Crippen LogP contribution in [0.3, 0.4) is 0 Å².